The molecule has 0 unspecified atom stereocenters. The van der Waals surface area contributed by atoms with E-state index in [1.54, 1.807) is 49.6 Å². The zero-order valence-corrected chi connectivity index (χ0v) is 20.1. The Morgan fingerprint density at radius 2 is 0.417 bits per heavy atom. The van der Waals surface area contributed by atoms with E-state index < -0.39 is 0 Å². The second-order valence-corrected chi connectivity index (χ2v) is 6.83. The summed E-state index contributed by atoms with van der Waals surface area (Å²) in [6.45, 7) is 0. The van der Waals surface area contributed by atoms with E-state index in [1.807, 2.05) is 84.9 Å². The van der Waals surface area contributed by atoms with Crippen LogP contribution in [-0.2, 0) is 0 Å². The van der Waals surface area contributed by atoms with Crippen LogP contribution in [0.5, 0.6) is 0 Å². The molecule has 0 aliphatic carbocycles. The molecule has 0 saturated heterocycles. The Bertz CT molecular complexity index is 921. The van der Waals surface area contributed by atoms with E-state index in [4.69, 9.17) is 0 Å². The first-order valence-electron chi connectivity index (χ1n) is 11.5. The van der Waals surface area contributed by atoms with Crippen molar-refractivity contribution in [2.75, 3.05) is 0 Å². The highest BCUT2D eigenvalue weighted by Gasteiger charge is 1.91. The maximum absolute atomic E-state index is 3.78. The van der Waals surface area contributed by atoms with E-state index in [9.17, 15) is 0 Å². The van der Waals surface area contributed by atoms with Crippen molar-refractivity contribution in [3.05, 3.63) is 183 Å². The number of nitrogens with zero attached hydrogens (tertiary/aromatic N) is 4. The Labute approximate surface area is 214 Å². The highest BCUT2D eigenvalue weighted by atomic mass is 14.6. The first-order valence-corrected chi connectivity index (χ1v) is 11.5. The summed E-state index contributed by atoms with van der Waals surface area (Å²) in [4.78, 5) is 15.1. The van der Waals surface area contributed by atoms with E-state index in [0.29, 0.717) is 0 Å². The van der Waals surface area contributed by atoms with Gasteiger partial charge in [-0.15, -0.1) is 0 Å². The van der Waals surface area contributed by atoms with Gasteiger partial charge in [0.05, 0.1) is 0 Å². The Kier molecular flexibility index (Phi) is 15.6. The summed E-state index contributed by atoms with van der Waals surface area (Å²) in [5.74, 6) is 0. The first-order chi connectivity index (χ1) is 18.0. The zero-order valence-electron chi connectivity index (χ0n) is 20.1. The molecule has 0 spiro atoms. The lowest BCUT2D eigenvalue weighted by Crippen LogP contribution is -1.73. The van der Waals surface area contributed by atoms with Crippen LogP contribution in [-0.4, -0.2) is 19.9 Å². The van der Waals surface area contributed by atoms with Gasteiger partial charge in [-0.3, -0.25) is 19.9 Å². The van der Waals surface area contributed by atoms with Crippen LogP contribution in [0.25, 0.3) is 11.1 Å². The lowest BCUT2D eigenvalue weighted by Gasteiger charge is -1.98. The minimum absolute atomic E-state index is 1.28. The summed E-state index contributed by atoms with van der Waals surface area (Å²) in [6.07, 6.45) is 14.0. The third kappa shape index (κ3) is 15.0. The number of hydrogen-bond donors (Lipinski definition) is 0. The zero-order chi connectivity index (χ0) is 25.2. The molecule has 0 atom stereocenters. The van der Waals surface area contributed by atoms with Gasteiger partial charge in [0.1, 0.15) is 0 Å². The van der Waals surface area contributed by atoms with Gasteiger partial charge < -0.3 is 0 Å². The van der Waals surface area contributed by atoms with Crippen molar-refractivity contribution < 1.29 is 0 Å². The van der Waals surface area contributed by atoms with Gasteiger partial charge in [0.2, 0.25) is 0 Å². The Morgan fingerprint density at radius 1 is 0.222 bits per heavy atom. The largest absolute Gasteiger partial charge is 0.265 e. The van der Waals surface area contributed by atoms with E-state index in [1.165, 1.54) is 11.1 Å². The van der Waals surface area contributed by atoms with Crippen molar-refractivity contribution in [1.82, 2.24) is 19.9 Å². The fraction of sp³-hybridized carbons (Fsp3) is 0. The maximum Gasteiger partial charge on any atom is 0.0267 e. The number of aromatic nitrogens is 4. The molecular formula is C32H30N4. The fourth-order valence-electron chi connectivity index (χ4n) is 2.51. The van der Waals surface area contributed by atoms with Crippen molar-refractivity contribution in [3.63, 3.8) is 0 Å². The molecule has 0 fully saturated rings. The molecule has 178 valence electrons. The van der Waals surface area contributed by atoms with E-state index in [0.717, 1.165) is 0 Å². The van der Waals surface area contributed by atoms with Crippen LogP contribution in [0.15, 0.2) is 183 Å². The molecule has 36 heavy (non-hydrogen) atoms. The van der Waals surface area contributed by atoms with Crippen LogP contribution >= 0.6 is 0 Å². The molecule has 0 saturated carbocycles. The SMILES string of the molecule is c1ccc(-c2ccccc2)cc1.c1ccncc1.c1ccncc1.c1ccncc1.c1ccncc1. The molecule has 2 aromatic carbocycles. The topological polar surface area (TPSA) is 51.6 Å². The monoisotopic (exact) mass is 470 g/mol. The summed E-state index contributed by atoms with van der Waals surface area (Å²) in [5, 5.41) is 0. The standard InChI is InChI=1S/C12H10.4C5H5N/c1-3-7-11(8-4-1)12-9-5-2-6-10-12;4*1-2-4-6-5-3-1/h1-10H;4*1-5H. The second kappa shape index (κ2) is 20.6. The number of pyridine rings is 4. The fourth-order valence-corrected chi connectivity index (χ4v) is 2.51. The molecule has 0 N–H and O–H groups in total. The van der Waals surface area contributed by atoms with Crippen LogP contribution in [0.1, 0.15) is 0 Å². The third-order valence-electron chi connectivity index (χ3n) is 4.15. The second-order valence-electron chi connectivity index (χ2n) is 6.83. The molecule has 6 aromatic rings. The number of rotatable bonds is 1. The molecule has 4 heterocycles. The van der Waals surface area contributed by atoms with Crippen molar-refractivity contribution >= 4 is 0 Å². The van der Waals surface area contributed by atoms with Gasteiger partial charge >= 0.3 is 0 Å². The summed E-state index contributed by atoms with van der Waals surface area (Å²) in [5.41, 5.74) is 2.55. The minimum Gasteiger partial charge on any atom is -0.265 e. The lowest BCUT2D eigenvalue weighted by molar-refractivity contribution is 1.33. The normalized spacial score (nSPS) is 8.56. The molecule has 4 aromatic heterocycles. The summed E-state index contributed by atoms with van der Waals surface area (Å²) in [6, 6.07) is 43.6. The van der Waals surface area contributed by atoms with Crippen molar-refractivity contribution in [2.45, 2.75) is 0 Å². The molecular weight excluding hydrogens is 440 g/mol. The van der Waals surface area contributed by atoms with Crippen LogP contribution in [0.2, 0.25) is 0 Å². The van der Waals surface area contributed by atoms with E-state index in [-0.39, 0.29) is 0 Å². The Hall–Kier alpha value is -4.96. The van der Waals surface area contributed by atoms with E-state index in [2.05, 4.69) is 68.5 Å². The van der Waals surface area contributed by atoms with Gasteiger partial charge in [0.15, 0.2) is 0 Å². The van der Waals surface area contributed by atoms with Gasteiger partial charge in [-0.1, -0.05) is 84.9 Å². The lowest BCUT2D eigenvalue weighted by atomic mass is 10.1. The maximum atomic E-state index is 3.78. The smallest absolute Gasteiger partial charge is 0.0267 e. The summed E-state index contributed by atoms with van der Waals surface area (Å²) < 4.78 is 0. The Morgan fingerprint density at radius 3 is 0.556 bits per heavy atom. The van der Waals surface area contributed by atoms with Crippen molar-refractivity contribution in [1.29, 1.82) is 0 Å². The van der Waals surface area contributed by atoms with Gasteiger partial charge in [-0.2, -0.15) is 0 Å². The van der Waals surface area contributed by atoms with Crippen LogP contribution in [0.4, 0.5) is 0 Å². The van der Waals surface area contributed by atoms with E-state index >= 15 is 0 Å². The molecule has 6 rings (SSSR count). The molecule has 0 aliphatic heterocycles. The van der Waals surface area contributed by atoms with Crippen molar-refractivity contribution in [2.24, 2.45) is 0 Å². The summed E-state index contributed by atoms with van der Waals surface area (Å²) >= 11 is 0. The summed E-state index contributed by atoms with van der Waals surface area (Å²) in [7, 11) is 0. The molecule has 0 bridgehead atoms. The average molecular weight is 471 g/mol. The predicted molar refractivity (Wildman–Crippen MR) is 149 cm³/mol. The predicted octanol–water partition coefficient (Wildman–Crippen LogP) is 7.68. The Balaban J connectivity index is 0.000000165. The average Bonchev–Trinajstić information content (AvgIpc) is 3.03. The molecule has 4 heteroatoms. The van der Waals surface area contributed by atoms with Gasteiger partial charge in [0.25, 0.3) is 0 Å². The minimum atomic E-state index is 1.28. The number of hydrogen-bond acceptors (Lipinski definition) is 4. The van der Waals surface area contributed by atoms with Crippen LogP contribution < -0.4 is 0 Å². The molecule has 0 radical (unpaired) electrons. The number of benzene rings is 2. The molecule has 4 nitrogen and oxygen atoms in total. The van der Waals surface area contributed by atoms with Crippen LogP contribution in [0, 0.1) is 0 Å². The van der Waals surface area contributed by atoms with Crippen molar-refractivity contribution in [3.8, 4) is 11.1 Å². The van der Waals surface area contributed by atoms with Gasteiger partial charge in [-0.05, 0) is 59.7 Å². The molecule has 0 amide bonds. The third-order valence-corrected chi connectivity index (χ3v) is 4.15. The quantitative estimate of drug-likeness (QED) is 0.247. The van der Waals surface area contributed by atoms with Gasteiger partial charge in [-0.25, -0.2) is 0 Å². The van der Waals surface area contributed by atoms with Crippen LogP contribution in [0.3, 0.4) is 0 Å². The highest BCUT2D eigenvalue weighted by molar-refractivity contribution is 5.62. The molecule has 0 aliphatic rings. The highest BCUT2D eigenvalue weighted by Crippen LogP contribution is 2.17. The van der Waals surface area contributed by atoms with Gasteiger partial charge in [0, 0.05) is 49.6 Å². The first kappa shape index (κ1) is 27.3.